The molecule has 0 unspecified atom stereocenters. The van der Waals surface area contributed by atoms with Crippen molar-refractivity contribution in [3.05, 3.63) is 22.4 Å². The Balaban J connectivity index is 2.54. The van der Waals surface area contributed by atoms with E-state index in [-0.39, 0.29) is 12.1 Å². The van der Waals surface area contributed by atoms with Crippen molar-refractivity contribution in [1.29, 1.82) is 0 Å². The maximum absolute atomic E-state index is 10.8. The standard InChI is InChI=1S/C12H19NO2S/c1-12(2,3)13(8-11(14)15)6-4-10-5-7-16-9-10/h5,7,9H,4,6,8H2,1-3H3,(H,14,15). The lowest BCUT2D eigenvalue weighted by molar-refractivity contribution is -0.139. The second kappa shape index (κ2) is 5.46. The van der Waals surface area contributed by atoms with Gasteiger partial charge >= 0.3 is 5.97 Å². The van der Waals surface area contributed by atoms with Crippen LogP contribution < -0.4 is 0 Å². The minimum atomic E-state index is -0.764. The lowest BCUT2D eigenvalue weighted by Gasteiger charge is -2.34. The van der Waals surface area contributed by atoms with E-state index < -0.39 is 5.97 Å². The third kappa shape index (κ3) is 4.33. The molecule has 0 atom stereocenters. The number of rotatable bonds is 5. The molecule has 0 fully saturated rings. The highest BCUT2D eigenvalue weighted by Crippen LogP contribution is 2.15. The summed E-state index contributed by atoms with van der Waals surface area (Å²) < 4.78 is 0. The number of carbonyl (C=O) groups is 1. The number of carboxylic acid groups (broad SMARTS) is 1. The molecule has 90 valence electrons. The topological polar surface area (TPSA) is 40.5 Å². The largest absolute Gasteiger partial charge is 0.480 e. The normalized spacial score (nSPS) is 12.0. The van der Waals surface area contributed by atoms with Crippen LogP contribution in [-0.4, -0.2) is 34.6 Å². The Kier molecular flexibility index (Phi) is 4.50. The van der Waals surface area contributed by atoms with Crippen molar-refractivity contribution in [3.8, 4) is 0 Å². The van der Waals surface area contributed by atoms with Crippen molar-refractivity contribution in [1.82, 2.24) is 4.90 Å². The molecule has 1 N–H and O–H groups in total. The zero-order chi connectivity index (χ0) is 12.2. The molecule has 0 bridgehead atoms. The first-order chi connectivity index (χ1) is 7.39. The molecule has 0 radical (unpaired) electrons. The molecule has 0 spiro atoms. The van der Waals surface area contributed by atoms with Crippen molar-refractivity contribution in [3.63, 3.8) is 0 Å². The number of thiophene rings is 1. The first kappa shape index (κ1) is 13.2. The summed E-state index contributed by atoms with van der Waals surface area (Å²) in [5.41, 5.74) is 1.18. The average Bonchev–Trinajstić information content (AvgIpc) is 2.62. The monoisotopic (exact) mass is 241 g/mol. The summed E-state index contributed by atoms with van der Waals surface area (Å²) in [5, 5.41) is 13.0. The van der Waals surface area contributed by atoms with Gasteiger partial charge in [0.2, 0.25) is 0 Å². The van der Waals surface area contributed by atoms with E-state index >= 15 is 0 Å². The van der Waals surface area contributed by atoms with Crippen LogP contribution in [0.25, 0.3) is 0 Å². The van der Waals surface area contributed by atoms with E-state index in [0.29, 0.717) is 0 Å². The van der Waals surface area contributed by atoms with Gasteiger partial charge in [0.05, 0.1) is 6.54 Å². The van der Waals surface area contributed by atoms with Gasteiger partial charge in [-0.1, -0.05) is 0 Å². The van der Waals surface area contributed by atoms with Gasteiger partial charge in [-0.2, -0.15) is 11.3 Å². The summed E-state index contributed by atoms with van der Waals surface area (Å²) in [6.07, 6.45) is 0.911. The highest BCUT2D eigenvalue weighted by atomic mass is 32.1. The summed E-state index contributed by atoms with van der Waals surface area (Å²) in [7, 11) is 0. The van der Waals surface area contributed by atoms with Crippen molar-refractivity contribution in [2.45, 2.75) is 32.7 Å². The molecule has 0 aliphatic rings. The van der Waals surface area contributed by atoms with E-state index in [0.717, 1.165) is 13.0 Å². The molecule has 16 heavy (non-hydrogen) atoms. The van der Waals surface area contributed by atoms with Crippen LogP contribution in [-0.2, 0) is 11.2 Å². The quantitative estimate of drug-likeness (QED) is 0.861. The summed E-state index contributed by atoms with van der Waals surface area (Å²) in [6.45, 7) is 7.02. The minimum absolute atomic E-state index is 0.103. The summed E-state index contributed by atoms with van der Waals surface area (Å²) in [4.78, 5) is 12.8. The van der Waals surface area contributed by atoms with E-state index in [2.05, 4.69) is 11.4 Å². The molecule has 4 heteroatoms. The third-order valence-corrected chi connectivity index (χ3v) is 3.26. The number of nitrogens with zero attached hydrogens (tertiary/aromatic N) is 1. The molecule has 1 rings (SSSR count). The zero-order valence-electron chi connectivity index (χ0n) is 10.1. The van der Waals surface area contributed by atoms with Crippen LogP contribution in [0.3, 0.4) is 0 Å². The molecule has 3 nitrogen and oxygen atoms in total. The Morgan fingerprint density at radius 2 is 2.19 bits per heavy atom. The smallest absolute Gasteiger partial charge is 0.317 e. The van der Waals surface area contributed by atoms with E-state index in [1.54, 1.807) is 11.3 Å². The Morgan fingerprint density at radius 1 is 1.50 bits per heavy atom. The predicted molar refractivity (Wildman–Crippen MR) is 67.0 cm³/mol. The SMILES string of the molecule is CC(C)(C)N(CCc1ccsc1)CC(=O)O. The van der Waals surface area contributed by atoms with E-state index in [1.807, 2.05) is 31.1 Å². The molecule has 1 aromatic heterocycles. The molecular formula is C12H19NO2S. The van der Waals surface area contributed by atoms with Gasteiger partial charge < -0.3 is 5.11 Å². The second-order valence-corrected chi connectivity index (χ2v) is 5.65. The van der Waals surface area contributed by atoms with Gasteiger partial charge in [0, 0.05) is 12.1 Å². The van der Waals surface area contributed by atoms with Gasteiger partial charge in [-0.05, 0) is 49.6 Å². The fourth-order valence-corrected chi connectivity index (χ4v) is 2.22. The zero-order valence-corrected chi connectivity index (χ0v) is 10.9. The van der Waals surface area contributed by atoms with Crippen LogP contribution in [0.2, 0.25) is 0 Å². The van der Waals surface area contributed by atoms with Crippen molar-refractivity contribution in [2.24, 2.45) is 0 Å². The molecule has 0 amide bonds. The Morgan fingerprint density at radius 3 is 2.62 bits per heavy atom. The molecule has 0 aromatic carbocycles. The van der Waals surface area contributed by atoms with Gasteiger partial charge in [-0.15, -0.1) is 0 Å². The van der Waals surface area contributed by atoms with Gasteiger partial charge in [-0.3, -0.25) is 9.69 Å². The van der Waals surface area contributed by atoms with Gasteiger partial charge in [0.25, 0.3) is 0 Å². The van der Waals surface area contributed by atoms with E-state index in [4.69, 9.17) is 5.11 Å². The average molecular weight is 241 g/mol. The maximum Gasteiger partial charge on any atom is 0.317 e. The highest BCUT2D eigenvalue weighted by Gasteiger charge is 2.22. The lowest BCUT2D eigenvalue weighted by atomic mass is 10.1. The Hall–Kier alpha value is -0.870. The molecule has 0 saturated heterocycles. The first-order valence-electron chi connectivity index (χ1n) is 5.37. The molecule has 0 aliphatic heterocycles. The van der Waals surface area contributed by atoms with Crippen molar-refractivity contribution < 1.29 is 9.90 Å². The molecule has 1 heterocycles. The summed E-state index contributed by atoms with van der Waals surface area (Å²) in [5.74, 6) is -0.764. The van der Waals surface area contributed by atoms with Crippen LogP contribution in [0.15, 0.2) is 16.8 Å². The minimum Gasteiger partial charge on any atom is -0.480 e. The summed E-state index contributed by atoms with van der Waals surface area (Å²) >= 11 is 1.68. The van der Waals surface area contributed by atoms with Crippen LogP contribution in [0, 0.1) is 0 Å². The number of hydrogen-bond donors (Lipinski definition) is 1. The van der Waals surface area contributed by atoms with Gasteiger partial charge in [-0.25, -0.2) is 0 Å². The summed E-state index contributed by atoms with van der Waals surface area (Å²) in [6, 6.07) is 2.09. The van der Waals surface area contributed by atoms with Crippen LogP contribution in [0.5, 0.6) is 0 Å². The van der Waals surface area contributed by atoms with Crippen LogP contribution in [0.4, 0.5) is 0 Å². The fourth-order valence-electron chi connectivity index (χ4n) is 1.51. The molecule has 0 aliphatic carbocycles. The van der Waals surface area contributed by atoms with E-state index in [9.17, 15) is 4.79 Å². The third-order valence-electron chi connectivity index (χ3n) is 2.53. The van der Waals surface area contributed by atoms with Gasteiger partial charge in [0.1, 0.15) is 0 Å². The van der Waals surface area contributed by atoms with Crippen molar-refractivity contribution >= 4 is 17.3 Å². The highest BCUT2D eigenvalue weighted by molar-refractivity contribution is 7.07. The Bertz CT molecular complexity index is 327. The Labute approximate surface area is 101 Å². The van der Waals surface area contributed by atoms with E-state index in [1.165, 1.54) is 5.56 Å². The van der Waals surface area contributed by atoms with Crippen LogP contribution in [0.1, 0.15) is 26.3 Å². The molecular weight excluding hydrogens is 222 g/mol. The number of hydrogen-bond acceptors (Lipinski definition) is 3. The first-order valence-corrected chi connectivity index (χ1v) is 6.32. The van der Waals surface area contributed by atoms with Crippen LogP contribution >= 0.6 is 11.3 Å². The second-order valence-electron chi connectivity index (χ2n) is 4.87. The molecule has 1 aromatic rings. The number of carboxylic acids is 1. The fraction of sp³-hybridized carbons (Fsp3) is 0.583. The van der Waals surface area contributed by atoms with Crippen molar-refractivity contribution in [2.75, 3.05) is 13.1 Å². The lowest BCUT2D eigenvalue weighted by Crippen LogP contribution is -2.45. The number of aliphatic carboxylic acids is 1. The maximum atomic E-state index is 10.8. The van der Waals surface area contributed by atoms with Gasteiger partial charge in [0.15, 0.2) is 0 Å². The molecule has 0 saturated carbocycles. The predicted octanol–water partition coefficient (Wildman–Crippen LogP) is 2.48.